The van der Waals surface area contributed by atoms with Gasteiger partial charge < -0.3 is 20.6 Å². The molecule has 1 spiro atoms. The molecular formula is C24H29N3O2. The lowest BCUT2D eigenvalue weighted by Crippen LogP contribution is -2.62. The Labute approximate surface area is 172 Å². The van der Waals surface area contributed by atoms with Gasteiger partial charge in [0.1, 0.15) is 5.75 Å². The van der Waals surface area contributed by atoms with Gasteiger partial charge in [0.25, 0.3) is 0 Å². The predicted molar refractivity (Wildman–Crippen MR) is 114 cm³/mol. The minimum absolute atomic E-state index is 0.00176. The van der Waals surface area contributed by atoms with Crippen molar-refractivity contribution in [1.82, 2.24) is 10.2 Å². The maximum Gasteiger partial charge on any atom is 0.319 e. The highest BCUT2D eigenvalue weighted by molar-refractivity contribution is 5.89. The summed E-state index contributed by atoms with van der Waals surface area (Å²) >= 11 is 0. The number of nitrogens with zero attached hydrogens (tertiary/aromatic N) is 1. The maximum atomic E-state index is 12.4. The molecule has 152 valence electrons. The van der Waals surface area contributed by atoms with Gasteiger partial charge >= 0.3 is 6.03 Å². The third-order valence-corrected chi connectivity index (χ3v) is 7.74. The second-order valence-corrected chi connectivity index (χ2v) is 9.36. The van der Waals surface area contributed by atoms with E-state index in [1.54, 1.807) is 0 Å². The Bertz CT molecular complexity index is 946. The normalized spacial score (nSPS) is 32.1. The predicted octanol–water partition coefficient (Wildman–Crippen LogP) is 3.74. The zero-order valence-corrected chi connectivity index (χ0v) is 17.1. The Morgan fingerprint density at radius 1 is 1.24 bits per heavy atom. The largest absolute Gasteiger partial charge is 0.508 e. The van der Waals surface area contributed by atoms with Gasteiger partial charge in [-0.2, -0.15) is 0 Å². The van der Waals surface area contributed by atoms with E-state index in [4.69, 9.17) is 0 Å². The molecule has 5 heteroatoms. The van der Waals surface area contributed by atoms with Crippen molar-refractivity contribution in [3.05, 3.63) is 59.7 Å². The SMILES string of the molecule is C[C@H]1[C@@H]2N(C)CC23Cc2ccc(O)cc2[C@@]1(CCNC(=O)Nc1ccccc1)C3. The molecule has 1 saturated heterocycles. The van der Waals surface area contributed by atoms with Crippen molar-refractivity contribution in [3.63, 3.8) is 0 Å². The van der Waals surface area contributed by atoms with Crippen LogP contribution in [0.15, 0.2) is 48.5 Å². The van der Waals surface area contributed by atoms with E-state index in [0.29, 0.717) is 29.7 Å². The second-order valence-electron chi connectivity index (χ2n) is 9.36. The average molecular weight is 392 g/mol. The minimum atomic E-state index is -0.167. The molecule has 1 heterocycles. The molecule has 3 aliphatic rings. The number of likely N-dealkylation sites (tertiary alicyclic amines) is 1. The standard InChI is InChI=1S/C24H29N3O2/c1-16-21-23(15-27(21)2)13-17-8-9-19(28)12-20(17)24(16,14-23)10-11-25-22(29)26-18-6-4-3-5-7-18/h3-9,12,16,21,28H,10-11,13-15H2,1-2H3,(H2,25,26,29)/t16-,21-,23?,24-/m0/s1. The molecular weight excluding hydrogens is 362 g/mol. The van der Waals surface area contributed by atoms with E-state index in [2.05, 4.69) is 35.6 Å². The molecule has 1 unspecified atom stereocenters. The van der Waals surface area contributed by atoms with Crippen LogP contribution in [0.4, 0.5) is 10.5 Å². The van der Waals surface area contributed by atoms with E-state index in [1.807, 2.05) is 42.5 Å². The molecule has 0 aromatic heterocycles. The van der Waals surface area contributed by atoms with Crippen LogP contribution in [0.25, 0.3) is 0 Å². The Kier molecular flexibility index (Phi) is 4.14. The van der Waals surface area contributed by atoms with Crippen LogP contribution in [0, 0.1) is 11.3 Å². The Balaban J connectivity index is 1.36. The van der Waals surface area contributed by atoms with Gasteiger partial charge in [0.15, 0.2) is 0 Å². The van der Waals surface area contributed by atoms with Crippen LogP contribution in [0.5, 0.6) is 5.75 Å². The fourth-order valence-corrected chi connectivity index (χ4v) is 6.88. The number of urea groups is 1. The number of amides is 2. The smallest absolute Gasteiger partial charge is 0.319 e. The third-order valence-electron chi connectivity index (χ3n) is 7.74. The van der Waals surface area contributed by atoms with Crippen molar-refractivity contribution < 1.29 is 9.90 Å². The van der Waals surface area contributed by atoms with E-state index >= 15 is 0 Å². The average Bonchev–Trinajstić information content (AvgIpc) is 2.84. The van der Waals surface area contributed by atoms with Crippen molar-refractivity contribution in [2.75, 3.05) is 25.5 Å². The fourth-order valence-electron chi connectivity index (χ4n) is 6.88. The summed E-state index contributed by atoms with van der Waals surface area (Å²) in [6.07, 6.45) is 3.14. The molecule has 5 nitrogen and oxygen atoms in total. The van der Waals surface area contributed by atoms with Crippen LogP contribution >= 0.6 is 0 Å². The molecule has 2 aromatic rings. The van der Waals surface area contributed by atoms with Crippen LogP contribution in [0.3, 0.4) is 0 Å². The van der Waals surface area contributed by atoms with Crippen LogP contribution in [0.1, 0.15) is 30.9 Å². The van der Waals surface area contributed by atoms with E-state index in [-0.39, 0.29) is 11.4 Å². The summed E-state index contributed by atoms with van der Waals surface area (Å²) in [4.78, 5) is 14.9. The fraction of sp³-hybridized carbons (Fsp3) is 0.458. The summed E-state index contributed by atoms with van der Waals surface area (Å²) in [7, 11) is 2.23. The third kappa shape index (κ3) is 2.75. The van der Waals surface area contributed by atoms with Gasteiger partial charge in [0, 0.05) is 35.6 Å². The van der Waals surface area contributed by atoms with Gasteiger partial charge in [-0.05, 0) is 67.6 Å². The number of phenols is 1. The van der Waals surface area contributed by atoms with Gasteiger partial charge in [-0.1, -0.05) is 31.2 Å². The molecule has 0 radical (unpaired) electrons. The molecule has 2 amide bonds. The van der Waals surface area contributed by atoms with Gasteiger partial charge in [-0.3, -0.25) is 0 Å². The van der Waals surface area contributed by atoms with Gasteiger partial charge in [0.05, 0.1) is 0 Å². The number of carbonyl (C=O) groups is 1. The van der Waals surface area contributed by atoms with E-state index in [1.165, 1.54) is 11.1 Å². The number of para-hydroxylation sites is 1. The van der Waals surface area contributed by atoms with Crippen molar-refractivity contribution >= 4 is 11.7 Å². The van der Waals surface area contributed by atoms with Crippen molar-refractivity contribution in [3.8, 4) is 5.75 Å². The summed E-state index contributed by atoms with van der Waals surface area (Å²) in [6, 6.07) is 15.8. The number of rotatable bonds is 4. The Morgan fingerprint density at radius 2 is 2.03 bits per heavy atom. The first-order chi connectivity index (χ1) is 13.9. The van der Waals surface area contributed by atoms with Gasteiger partial charge in [-0.15, -0.1) is 0 Å². The number of carbonyl (C=O) groups excluding carboxylic acids is 1. The van der Waals surface area contributed by atoms with Crippen LogP contribution < -0.4 is 10.6 Å². The van der Waals surface area contributed by atoms with Crippen molar-refractivity contribution in [2.45, 2.75) is 37.6 Å². The van der Waals surface area contributed by atoms with Crippen LogP contribution in [-0.4, -0.2) is 42.2 Å². The first kappa shape index (κ1) is 18.5. The number of hydrogen-bond donors (Lipinski definition) is 3. The summed E-state index contributed by atoms with van der Waals surface area (Å²) < 4.78 is 0. The Morgan fingerprint density at radius 3 is 2.79 bits per heavy atom. The second kappa shape index (κ2) is 6.49. The first-order valence-electron chi connectivity index (χ1n) is 10.6. The van der Waals surface area contributed by atoms with Crippen molar-refractivity contribution in [2.24, 2.45) is 11.3 Å². The molecule has 2 bridgehead atoms. The highest BCUT2D eigenvalue weighted by atomic mass is 16.3. The molecule has 2 fully saturated rings. The molecule has 2 aromatic carbocycles. The number of hydrogen-bond acceptors (Lipinski definition) is 3. The Hall–Kier alpha value is -2.53. The molecule has 5 rings (SSSR count). The molecule has 3 N–H and O–H groups in total. The number of nitrogens with one attached hydrogen (secondary N) is 2. The lowest BCUT2D eigenvalue weighted by atomic mass is 9.61. The quantitative estimate of drug-likeness (QED) is 0.744. The molecule has 1 aliphatic heterocycles. The maximum absolute atomic E-state index is 12.4. The number of fused-ring (bicyclic) bond motifs is 3. The zero-order chi connectivity index (χ0) is 20.2. The zero-order valence-electron chi connectivity index (χ0n) is 17.1. The van der Waals surface area contributed by atoms with Gasteiger partial charge in [-0.25, -0.2) is 4.79 Å². The minimum Gasteiger partial charge on any atom is -0.508 e. The molecule has 1 saturated carbocycles. The van der Waals surface area contributed by atoms with Crippen molar-refractivity contribution in [1.29, 1.82) is 0 Å². The summed E-state index contributed by atoms with van der Waals surface area (Å²) in [5, 5.41) is 16.2. The highest BCUT2D eigenvalue weighted by Gasteiger charge is 2.68. The topological polar surface area (TPSA) is 64.6 Å². The van der Waals surface area contributed by atoms with E-state index in [0.717, 1.165) is 31.5 Å². The molecule has 4 atom stereocenters. The van der Waals surface area contributed by atoms with E-state index < -0.39 is 0 Å². The number of benzene rings is 2. The highest BCUT2D eigenvalue weighted by Crippen LogP contribution is 2.66. The monoisotopic (exact) mass is 391 g/mol. The number of anilines is 1. The lowest BCUT2D eigenvalue weighted by molar-refractivity contribution is -0.0471. The molecule has 29 heavy (non-hydrogen) atoms. The van der Waals surface area contributed by atoms with Crippen LogP contribution in [-0.2, 0) is 11.8 Å². The van der Waals surface area contributed by atoms with Gasteiger partial charge in [0.2, 0.25) is 0 Å². The van der Waals surface area contributed by atoms with Crippen LogP contribution in [0.2, 0.25) is 0 Å². The summed E-state index contributed by atoms with van der Waals surface area (Å²) in [6.45, 7) is 4.13. The number of phenolic OH excluding ortho intramolecular Hbond substituents is 1. The van der Waals surface area contributed by atoms with E-state index in [9.17, 15) is 9.90 Å². The number of aromatic hydroxyl groups is 1. The first-order valence-corrected chi connectivity index (χ1v) is 10.6. The lowest BCUT2D eigenvalue weighted by Gasteiger charge is -2.54. The summed E-state index contributed by atoms with van der Waals surface area (Å²) in [5.74, 6) is 0.831. The molecule has 2 aliphatic carbocycles. The summed E-state index contributed by atoms with van der Waals surface area (Å²) in [5.41, 5.74) is 3.82.